The molecule has 1 atom stereocenters. The molecule has 1 amide bonds. The van der Waals surface area contributed by atoms with Crippen LogP contribution in [0.4, 0.5) is 18.9 Å². The molecule has 1 saturated heterocycles. The van der Waals surface area contributed by atoms with Gasteiger partial charge in [0.15, 0.2) is 5.75 Å². The number of ether oxygens (including phenoxy) is 1. The first kappa shape index (κ1) is 23.7. The smallest absolute Gasteiger partial charge is 0.416 e. The Morgan fingerprint density at radius 2 is 1.77 bits per heavy atom. The van der Waals surface area contributed by atoms with E-state index in [2.05, 4.69) is 4.90 Å². The Kier molecular flexibility index (Phi) is 6.23. The van der Waals surface area contributed by atoms with Crippen molar-refractivity contribution in [2.24, 2.45) is 10.9 Å². The lowest BCUT2D eigenvalue weighted by Gasteiger charge is -2.43. The first-order valence-electron chi connectivity index (χ1n) is 12.3. The van der Waals surface area contributed by atoms with Crippen LogP contribution in [0, 0.1) is 12.8 Å². The standard InChI is InChI=1S/C27H30F3N3O2/c1-17-8-10-23-21(14-17)25(31-22-15-20(27(28,29)30)9-11-24(22)35-23)32-12-13-33(18(2)16-32)26(34)19-6-4-3-5-7-19/h8-11,14-15,18-19H,3-7,12-13,16H2,1-2H3. The fourth-order valence-corrected chi connectivity index (χ4v) is 5.37. The number of halogens is 3. The molecule has 0 N–H and O–H groups in total. The fraction of sp³-hybridized carbons (Fsp3) is 0.481. The minimum atomic E-state index is -4.47. The Labute approximate surface area is 203 Å². The molecule has 2 aromatic rings. The van der Waals surface area contributed by atoms with Crippen molar-refractivity contribution in [3.8, 4) is 11.5 Å². The van der Waals surface area contributed by atoms with Crippen LogP contribution >= 0.6 is 0 Å². The van der Waals surface area contributed by atoms with Crippen LogP contribution in [0.5, 0.6) is 11.5 Å². The number of fused-ring (bicyclic) bond motifs is 2. The van der Waals surface area contributed by atoms with Crippen LogP contribution < -0.4 is 4.74 Å². The van der Waals surface area contributed by atoms with E-state index in [0.29, 0.717) is 31.2 Å². The van der Waals surface area contributed by atoms with Crippen LogP contribution in [0.2, 0.25) is 0 Å². The minimum Gasteiger partial charge on any atom is -0.454 e. The monoisotopic (exact) mass is 485 g/mol. The number of benzene rings is 2. The third-order valence-electron chi connectivity index (χ3n) is 7.27. The van der Waals surface area contributed by atoms with Crippen molar-refractivity contribution in [3.63, 3.8) is 0 Å². The van der Waals surface area contributed by atoms with Gasteiger partial charge in [0, 0.05) is 31.6 Å². The summed E-state index contributed by atoms with van der Waals surface area (Å²) in [5.41, 5.74) is 1.13. The van der Waals surface area contributed by atoms with E-state index >= 15 is 0 Å². The largest absolute Gasteiger partial charge is 0.454 e. The molecule has 1 aliphatic carbocycles. The van der Waals surface area contributed by atoms with Gasteiger partial charge in [-0.05, 0) is 57.0 Å². The summed E-state index contributed by atoms with van der Waals surface area (Å²) in [6.45, 7) is 5.67. The number of piperazine rings is 1. The van der Waals surface area contributed by atoms with E-state index in [1.807, 2.05) is 36.9 Å². The van der Waals surface area contributed by atoms with Gasteiger partial charge in [-0.3, -0.25) is 4.79 Å². The Morgan fingerprint density at radius 3 is 2.49 bits per heavy atom. The molecular formula is C27H30F3N3O2. The molecule has 1 unspecified atom stereocenters. The van der Waals surface area contributed by atoms with Crippen molar-refractivity contribution in [3.05, 3.63) is 53.1 Å². The summed E-state index contributed by atoms with van der Waals surface area (Å²) in [5, 5.41) is 0. The first-order chi connectivity index (χ1) is 16.7. The molecule has 5 rings (SSSR count). The third-order valence-corrected chi connectivity index (χ3v) is 7.27. The maximum Gasteiger partial charge on any atom is 0.416 e. The van der Waals surface area contributed by atoms with Gasteiger partial charge < -0.3 is 14.5 Å². The van der Waals surface area contributed by atoms with Crippen LogP contribution in [0.25, 0.3) is 0 Å². The number of amidine groups is 1. The third kappa shape index (κ3) is 4.75. The highest BCUT2D eigenvalue weighted by atomic mass is 19.4. The number of amides is 1. The summed E-state index contributed by atoms with van der Waals surface area (Å²) >= 11 is 0. The molecule has 186 valence electrons. The Bertz CT molecular complexity index is 1150. The highest BCUT2D eigenvalue weighted by Gasteiger charge is 2.36. The number of rotatable bonds is 1. The second-order valence-electron chi connectivity index (χ2n) is 9.88. The molecular weight excluding hydrogens is 455 g/mol. The van der Waals surface area contributed by atoms with Gasteiger partial charge >= 0.3 is 6.18 Å². The van der Waals surface area contributed by atoms with E-state index in [0.717, 1.165) is 48.9 Å². The maximum atomic E-state index is 13.4. The van der Waals surface area contributed by atoms with Crippen LogP contribution in [-0.4, -0.2) is 47.2 Å². The van der Waals surface area contributed by atoms with Crippen LogP contribution in [0.15, 0.2) is 41.4 Å². The molecule has 1 saturated carbocycles. The number of carbonyl (C=O) groups excluding carboxylic acids is 1. The van der Waals surface area contributed by atoms with Crippen molar-refractivity contribution in [2.45, 2.75) is 58.2 Å². The van der Waals surface area contributed by atoms with Crippen LogP contribution in [0.3, 0.4) is 0 Å². The minimum absolute atomic E-state index is 0.0284. The summed E-state index contributed by atoms with van der Waals surface area (Å²) < 4.78 is 46.3. The summed E-state index contributed by atoms with van der Waals surface area (Å²) in [5.74, 6) is 1.77. The van der Waals surface area contributed by atoms with Gasteiger partial charge in [-0.1, -0.05) is 30.9 Å². The number of hydrogen-bond donors (Lipinski definition) is 0. The van der Waals surface area contributed by atoms with Gasteiger partial charge in [-0.25, -0.2) is 4.99 Å². The molecule has 2 aliphatic heterocycles. The molecule has 35 heavy (non-hydrogen) atoms. The molecule has 0 bridgehead atoms. The Morgan fingerprint density at radius 1 is 1.03 bits per heavy atom. The SMILES string of the molecule is Cc1ccc2c(c1)C(N1CCN(C(=O)C3CCCCC3)C(C)C1)=Nc1cc(C(F)(F)F)ccc1O2. The quantitative estimate of drug-likeness (QED) is 0.476. The van der Waals surface area contributed by atoms with Gasteiger partial charge in [-0.15, -0.1) is 0 Å². The molecule has 5 nitrogen and oxygen atoms in total. The molecule has 2 aromatic carbocycles. The van der Waals surface area contributed by atoms with Crippen molar-refractivity contribution >= 4 is 17.4 Å². The molecule has 2 fully saturated rings. The first-order valence-corrected chi connectivity index (χ1v) is 12.3. The molecule has 0 spiro atoms. The highest BCUT2D eigenvalue weighted by molar-refractivity contribution is 6.04. The number of hydrogen-bond acceptors (Lipinski definition) is 4. The number of aryl methyl sites for hydroxylation is 1. The number of aliphatic imine (C=N–C) groups is 1. The van der Waals surface area contributed by atoms with Gasteiger partial charge in [0.05, 0.1) is 11.1 Å². The lowest BCUT2D eigenvalue weighted by Crippen LogP contribution is -2.56. The zero-order valence-electron chi connectivity index (χ0n) is 20.1. The normalized spacial score (nSPS) is 20.9. The van der Waals surface area contributed by atoms with E-state index in [9.17, 15) is 18.0 Å². The summed E-state index contributed by atoms with van der Waals surface area (Å²) in [6.07, 6.45) is 0.862. The molecule has 3 aliphatic rings. The van der Waals surface area contributed by atoms with E-state index in [-0.39, 0.29) is 29.3 Å². The van der Waals surface area contributed by atoms with E-state index in [1.165, 1.54) is 12.5 Å². The summed E-state index contributed by atoms with van der Waals surface area (Å²) in [6, 6.07) is 9.06. The molecule has 2 heterocycles. The molecule has 0 radical (unpaired) electrons. The topological polar surface area (TPSA) is 45.1 Å². The summed E-state index contributed by atoms with van der Waals surface area (Å²) in [7, 11) is 0. The van der Waals surface area contributed by atoms with Crippen molar-refractivity contribution in [2.75, 3.05) is 19.6 Å². The van der Waals surface area contributed by atoms with E-state index in [4.69, 9.17) is 9.73 Å². The second-order valence-corrected chi connectivity index (χ2v) is 9.88. The number of nitrogens with zero attached hydrogens (tertiary/aromatic N) is 3. The second kappa shape index (κ2) is 9.21. The zero-order valence-corrected chi connectivity index (χ0v) is 20.1. The van der Waals surface area contributed by atoms with Gasteiger partial charge in [0.1, 0.15) is 17.3 Å². The van der Waals surface area contributed by atoms with Gasteiger partial charge in [0.25, 0.3) is 0 Å². The number of carbonyl (C=O) groups is 1. The van der Waals surface area contributed by atoms with E-state index in [1.54, 1.807) is 0 Å². The van der Waals surface area contributed by atoms with Gasteiger partial charge in [0.2, 0.25) is 5.91 Å². The van der Waals surface area contributed by atoms with E-state index < -0.39 is 11.7 Å². The zero-order chi connectivity index (χ0) is 24.7. The predicted octanol–water partition coefficient (Wildman–Crippen LogP) is 6.31. The lowest BCUT2D eigenvalue weighted by molar-refractivity contribution is -0.140. The van der Waals surface area contributed by atoms with Crippen molar-refractivity contribution in [1.29, 1.82) is 0 Å². The van der Waals surface area contributed by atoms with Gasteiger partial charge in [-0.2, -0.15) is 13.2 Å². The van der Waals surface area contributed by atoms with Crippen LogP contribution in [0.1, 0.15) is 55.7 Å². The Balaban J connectivity index is 1.47. The lowest BCUT2D eigenvalue weighted by atomic mass is 9.87. The average Bonchev–Trinajstić information content (AvgIpc) is 2.99. The summed E-state index contributed by atoms with van der Waals surface area (Å²) in [4.78, 5) is 22.0. The molecule has 0 aromatic heterocycles. The van der Waals surface area contributed by atoms with Crippen molar-refractivity contribution in [1.82, 2.24) is 9.80 Å². The predicted molar refractivity (Wildman–Crippen MR) is 128 cm³/mol. The fourth-order valence-electron chi connectivity index (χ4n) is 5.37. The maximum absolute atomic E-state index is 13.4. The highest BCUT2D eigenvalue weighted by Crippen LogP contribution is 2.42. The molecule has 8 heteroatoms. The Hall–Kier alpha value is -3.03. The number of alkyl halides is 3. The van der Waals surface area contributed by atoms with Crippen LogP contribution in [-0.2, 0) is 11.0 Å². The van der Waals surface area contributed by atoms with Crippen molar-refractivity contribution < 1.29 is 22.7 Å². The average molecular weight is 486 g/mol.